The van der Waals surface area contributed by atoms with Crippen LogP contribution in [0.5, 0.6) is 11.5 Å². The van der Waals surface area contributed by atoms with Gasteiger partial charge in [0.25, 0.3) is 0 Å². The number of benzene rings is 1. The van der Waals surface area contributed by atoms with Crippen molar-refractivity contribution in [2.24, 2.45) is 0 Å². The van der Waals surface area contributed by atoms with Crippen molar-refractivity contribution in [3.05, 3.63) is 47.8 Å². The summed E-state index contributed by atoms with van der Waals surface area (Å²) in [4.78, 5) is 11.9. The summed E-state index contributed by atoms with van der Waals surface area (Å²) in [5.41, 5.74) is 5.88. The molecule has 2 aromatic heterocycles. The van der Waals surface area contributed by atoms with Crippen LogP contribution >= 0.6 is 0 Å². The molecule has 0 N–H and O–H groups in total. The molecule has 0 bridgehead atoms. The number of ether oxygens (including phenoxy) is 2. The Balaban J connectivity index is 1.45. The predicted octanol–water partition coefficient (Wildman–Crippen LogP) is 4.66. The number of pyridine rings is 2. The van der Waals surface area contributed by atoms with Crippen LogP contribution in [0.25, 0.3) is 22.2 Å². The minimum atomic E-state index is 0.693. The van der Waals surface area contributed by atoms with Crippen molar-refractivity contribution in [3.63, 3.8) is 0 Å². The van der Waals surface area contributed by atoms with Crippen LogP contribution in [0, 0.1) is 0 Å². The van der Waals surface area contributed by atoms with E-state index in [0.717, 1.165) is 54.1 Å². The Morgan fingerprint density at radius 3 is 2.70 bits per heavy atom. The minimum Gasteiger partial charge on any atom is -0.493 e. The Morgan fingerprint density at radius 1 is 1.03 bits per heavy atom. The Labute approximate surface area is 178 Å². The summed E-state index contributed by atoms with van der Waals surface area (Å²) in [6, 6.07) is 8.25. The standard InChI is InChI=1S/C25H29N3O2/c1-29-23-15-21-19-8-4-9-20(19)25(18-7-5-10-26-17-18)27-22(21)16-24(23)30-14-6-13-28-11-2-3-12-28/h5,7,10,15-17H,2-4,6,8-9,11-14H2,1H3. The highest BCUT2D eigenvalue weighted by molar-refractivity contribution is 5.90. The van der Waals surface area contributed by atoms with Crippen LogP contribution in [0.3, 0.4) is 0 Å². The smallest absolute Gasteiger partial charge is 0.163 e. The molecule has 30 heavy (non-hydrogen) atoms. The van der Waals surface area contributed by atoms with E-state index in [1.54, 1.807) is 7.11 Å². The predicted molar refractivity (Wildman–Crippen MR) is 119 cm³/mol. The molecule has 156 valence electrons. The molecule has 3 aromatic rings. The highest BCUT2D eigenvalue weighted by Gasteiger charge is 2.22. The molecule has 0 unspecified atom stereocenters. The molecule has 5 nitrogen and oxygen atoms in total. The molecule has 3 heterocycles. The third-order valence-electron chi connectivity index (χ3n) is 6.35. The van der Waals surface area contributed by atoms with Gasteiger partial charge in [-0.05, 0) is 80.9 Å². The Hall–Kier alpha value is -2.66. The van der Waals surface area contributed by atoms with E-state index in [-0.39, 0.29) is 0 Å². The fourth-order valence-corrected chi connectivity index (χ4v) is 4.86. The van der Waals surface area contributed by atoms with E-state index in [1.807, 2.05) is 18.5 Å². The van der Waals surface area contributed by atoms with Gasteiger partial charge in [-0.15, -0.1) is 0 Å². The number of likely N-dealkylation sites (tertiary alicyclic amines) is 1. The molecule has 0 radical (unpaired) electrons. The number of methoxy groups -OCH3 is 1. The molecular weight excluding hydrogens is 374 g/mol. The number of rotatable bonds is 7. The summed E-state index contributed by atoms with van der Waals surface area (Å²) >= 11 is 0. The van der Waals surface area contributed by atoms with Crippen LogP contribution in [0.2, 0.25) is 0 Å². The molecule has 0 amide bonds. The van der Waals surface area contributed by atoms with Gasteiger partial charge in [-0.1, -0.05) is 0 Å². The van der Waals surface area contributed by atoms with E-state index < -0.39 is 0 Å². The van der Waals surface area contributed by atoms with Crippen molar-refractivity contribution in [2.45, 2.75) is 38.5 Å². The van der Waals surface area contributed by atoms with Crippen molar-refractivity contribution in [1.82, 2.24) is 14.9 Å². The van der Waals surface area contributed by atoms with Crippen molar-refractivity contribution < 1.29 is 9.47 Å². The molecule has 1 aromatic carbocycles. The second-order valence-corrected chi connectivity index (χ2v) is 8.28. The molecule has 1 aliphatic heterocycles. The van der Waals surface area contributed by atoms with Crippen LogP contribution in [-0.4, -0.2) is 48.2 Å². The zero-order chi connectivity index (χ0) is 20.3. The van der Waals surface area contributed by atoms with Gasteiger partial charge in [0.1, 0.15) is 0 Å². The summed E-state index contributed by atoms with van der Waals surface area (Å²) in [6.07, 6.45) is 10.7. The molecule has 0 spiro atoms. The SMILES string of the molecule is COc1cc2c3c(c(-c4cccnc4)nc2cc1OCCCN1CCCC1)CCC3. The Morgan fingerprint density at radius 2 is 1.90 bits per heavy atom. The van der Waals surface area contributed by atoms with Crippen LogP contribution in [0.15, 0.2) is 36.7 Å². The first kappa shape index (κ1) is 19.3. The zero-order valence-electron chi connectivity index (χ0n) is 17.7. The molecular formula is C25H29N3O2. The first-order valence-electron chi connectivity index (χ1n) is 11.1. The molecule has 2 aliphatic rings. The second-order valence-electron chi connectivity index (χ2n) is 8.28. The van der Waals surface area contributed by atoms with Crippen molar-refractivity contribution in [3.8, 4) is 22.8 Å². The van der Waals surface area contributed by atoms with E-state index in [1.165, 1.54) is 48.9 Å². The van der Waals surface area contributed by atoms with Gasteiger partial charge < -0.3 is 14.4 Å². The molecule has 1 fully saturated rings. The lowest BCUT2D eigenvalue weighted by atomic mass is 9.99. The number of fused-ring (bicyclic) bond motifs is 3. The third-order valence-corrected chi connectivity index (χ3v) is 6.35. The number of aryl methyl sites for hydroxylation is 1. The maximum atomic E-state index is 6.16. The van der Waals surface area contributed by atoms with Crippen LogP contribution in [-0.2, 0) is 12.8 Å². The van der Waals surface area contributed by atoms with E-state index in [9.17, 15) is 0 Å². The lowest BCUT2D eigenvalue weighted by Gasteiger charge is -2.17. The van der Waals surface area contributed by atoms with Gasteiger partial charge in [0.15, 0.2) is 11.5 Å². The minimum absolute atomic E-state index is 0.693. The number of nitrogens with zero attached hydrogens (tertiary/aromatic N) is 3. The molecule has 1 saturated heterocycles. The lowest BCUT2D eigenvalue weighted by molar-refractivity contribution is 0.254. The van der Waals surface area contributed by atoms with Gasteiger partial charge >= 0.3 is 0 Å². The first-order chi connectivity index (χ1) is 14.8. The van der Waals surface area contributed by atoms with Gasteiger partial charge in [0, 0.05) is 36.0 Å². The lowest BCUT2D eigenvalue weighted by Crippen LogP contribution is -2.21. The van der Waals surface area contributed by atoms with Crippen LogP contribution in [0.4, 0.5) is 0 Å². The van der Waals surface area contributed by atoms with Gasteiger partial charge in [0.2, 0.25) is 0 Å². The average molecular weight is 404 g/mol. The largest absolute Gasteiger partial charge is 0.493 e. The van der Waals surface area contributed by atoms with E-state index in [2.05, 4.69) is 28.1 Å². The van der Waals surface area contributed by atoms with Crippen LogP contribution < -0.4 is 9.47 Å². The second kappa shape index (κ2) is 8.60. The van der Waals surface area contributed by atoms with E-state index in [4.69, 9.17) is 14.5 Å². The van der Waals surface area contributed by atoms with E-state index in [0.29, 0.717) is 6.61 Å². The zero-order valence-corrected chi connectivity index (χ0v) is 17.7. The summed E-state index contributed by atoms with van der Waals surface area (Å²) < 4.78 is 11.8. The fourth-order valence-electron chi connectivity index (χ4n) is 4.86. The molecule has 0 saturated carbocycles. The highest BCUT2D eigenvalue weighted by atomic mass is 16.5. The maximum Gasteiger partial charge on any atom is 0.163 e. The van der Waals surface area contributed by atoms with Crippen molar-refractivity contribution in [2.75, 3.05) is 33.4 Å². The summed E-state index contributed by atoms with van der Waals surface area (Å²) in [7, 11) is 1.72. The van der Waals surface area contributed by atoms with Crippen molar-refractivity contribution >= 4 is 10.9 Å². The van der Waals surface area contributed by atoms with Gasteiger partial charge in [-0.2, -0.15) is 0 Å². The van der Waals surface area contributed by atoms with E-state index >= 15 is 0 Å². The van der Waals surface area contributed by atoms with Crippen LogP contribution in [0.1, 0.15) is 36.8 Å². The van der Waals surface area contributed by atoms with Gasteiger partial charge in [-0.25, -0.2) is 4.98 Å². The maximum absolute atomic E-state index is 6.16. The third kappa shape index (κ3) is 3.74. The Bertz CT molecular complexity index is 1030. The quantitative estimate of drug-likeness (QED) is 0.537. The number of hydrogen-bond acceptors (Lipinski definition) is 5. The molecule has 5 rings (SSSR count). The summed E-state index contributed by atoms with van der Waals surface area (Å²) in [5.74, 6) is 1.59. The molecule has 0 atom stereocenters. The normalized spacial score (nSPS) is 16.2. The topological polar surface area (TPSA) is 47.5 Å². The first-order valence-corrected chi connectivity index (χ1v) is 11.1. The van der Waals surface area contributed by atoms with Gasteiger partial charge in [0.05, 0.1) is 24.9 Å². The monoisotopic (exact) mass is 403 g/mol. The average Bonchev–Trinajstić information content (AvgIpc) is 3.48. The van der Waals surface area contributed by atoms with Crippen molar-refractivity contribution in [1.29, 1.82) is 0 Å². The fraction of sp³-hybridized carbons (Fsp3) is 0.440. The number of hydrogen-bond donors (Lipinski definition) is 0. The summed E-state index contributed by atoms with van der Waals surface area (Å²) in [6.45, 7) is 4.25. The number of aromatic nitrogens is 2. The molecule has 1 aliphatic carbocycles. The molecule has 5 heteroatoms. The Kier molecular flexibility index (Phi) is 5.54. The highest BCUT2D eigenvalue weighted by Crippen LogP contribution is 2.40. The summed E-state index contributed by atoms with van der Waals surface area (Å²) in [5, 5.41) is 1.19. The van der Waals surface area contributed by atoms with Gasteiger partial charge in [-0.3, -0.25) is 4.98 Å².